The molecule has 1 aromatic carbocycles. The maximum Gasteiger partial charge on any atom is 0.274 e. The largest absolute Gasteiger partial charge is 0.315 e. The Hall–Kier alpha value is -2.29. The summed E-state index contributed by atoms with van der Waals surface area (Å²) in [5, 5.41) is 0. The van der Waals surface area contributed by atoms with E-state index in [1.807, 2.05) is 29.8 Å². The summed E-state index contributed by atoms with van der Waals surface area (Å²) in [5.41, 5.74) is 5.42. The molecule has 0 aliphatic rings. The van der Waals surface area contributed by atoms with Crippen molar-refractivity contribution >= 4 is 5.52 Å². The van der Waals surface area contributed by atoms with Gasteiger partial charge in [-0.15, -0.1) is 0 Å². The summed E-state index contributed by atoms with van der Waals surface area (Å²) in [7, 11) is 1.79. The Balaban J connectivity index is 2.39. The molecular weight excluding hydrogens is 248 g/mol. The van der Waals surface area contributed by atoms with Gasteiger partial charge in [0.15, 0.2) is 0 Å². The van der Waals surface area contributed by atoms with Crippen molar-refractivity contribution in [2.45, 2.75) is 20.3 Å². The van der Waals surface area contributed by atoms with Crippen LogP contribution in [0.3, 0.4) is 0 Å². The van der Waals surface area contributed by atoms with Crippen LogP contribution in [0, 0.1) is 6.92 Å². The smallest absolute Gasteiger partial charge is 0.274 e. The lowest BCUT2D eigenvalue weighted by Gasteiger charge is -2.08. The lowest BCUT2D eigenvalue weighted by molar-refractivity contribution is 0.846. The van der Waals surface area contributed by atoms with Crippen molar-refractivity contribution in [3.8, 4) is 11.3 Å². The van der Waals surface area contributed by atoms with E-state index in [9.17, 15) is 4.79 Å². The van der Waals surface area contributed by atoms with E-state index in [1.54, 1.807) is 11.6 Å². The topological polar surface area (TPSA) is 26.4 Å². The number of nitrogens with zero attached hydrogens (tertiary/aromatic N) is 2. The highest BCUT2D eigenvalue weighted by molar-refractivity contribution is 5.72. The minimum atomic E-state index is 0.0465. The highest BCUT2D eigenvalue weighted by atomic mass is 16.1. The quantitative estimate of drug-likeness (QED) is 0.699. The molecule has 2 aromatic heterocycles. The van der Waals surface area contributed by atoms with Gasteiger partial charge in [-0.2, -0.15) is 0 Å². The van der Waals surface area contributed by atoms with Gasteiger partial charge >= 0.3 is 0 Å². The molecule has 102 valence electrons. The van der Waals surface area contributed by atoms with Crippen LogP contribution in [0.1, 0.15) is 18.1 Å². The molecule has 3 aromatic rings. The molecule has 0 spiro atoms. The first-order valence-corrected chi connectivity index (χ1v) is 6.89. The van der Waals surface area contributed by atoms with Crippen molar-refractivity contribution in [2.24, 2.45) is 7.05 Å². The second kappa shape index (κ2) is 4.67. The fourth-order valence-corrected chi connectivity index (χ4v) is 2.77. The number of hydrogen-bond donors (Lipinski definition) is 0. The van der Waals surface area contributed by atoms with Crippen LogP contribution in [0.15, 0.2) is 47.5 Å². The Labute approximate surface area is 118 Å². The average Bonchev–Trinajstić information content (AvgIpc) is 2.80. The molecular formula is C17H18N2O. The summed E-state index contributed by atoms with van der Waals surface area (Å²) >= 11 is 0. The molecule has 3 heteroatoms. The predicted molar refractivity (Wildman–Crippen MR) is 82.2 cm³/mol. The molecule has 0 saturated carbocycles. The Bertz CT molecular complexity index is 840. The van der Waals surface area contributed by atoms with Crippen molar-refractivity contribution in [3.05, 3.63) is 64.2 Å². The van der Waals surface area contributed by atoms with E-state index in [2.05, 4.69) is 31.2 Å². The molecule has 0 atom stereocenters. The molecule has 0 amide bonds. The lowest BCUT2D eigenvalue weighted by Crippen LogP contribution is -2.18. The second-order valence-electron chi connectivity index (χ2n) is 5.16. The lowest BCUT2D eigenvalue weighted by atomic mass is 10.0. The zero-order valence-electron chi connectivity index (χ0n) is 12.1. The van der Waals surface area contributed by atoms with Gasteiger partial charge in [-0.25, -0.2) is 0 Å². The van der Waals surface area contributed by atoms with Gasteiger partial charge < -0.3 is 8.97 Å². The summed E-state index contributed by atoms with van der Waals surface area (Å²) < 4.78 is 3.63. The molecule has 20 heavy (non-hydrogen) atoms. The second-order valence-corrected chi connectivity index (χ2v) is 5.16. The fraction of sp³-hybridized carbons (Fsp3) is 0.235. The minimum absolute atomic E-state index is 0.0465. The van der Waals surface area contributed by atoms with E-state index in [1.165, 1.54) is 11.1 Å². The van der Waals surface area contributed by atoms with Gasteiger partial charge in [0.2, 0.25) is 0 Å². The van der Waals surface area contributed by atoms with Crippen LogP contribution in [-0.4, -0.2) is 8.97 Å². The standard InChI is InChI=1S/C17H18N2O/c1-4-13-7-5-6-8-14(13)15-11-12(2)16-17(20)18(3)9-10-19(15)16/h5-11H,4H2,1-3H3. The Kier molecular flexibility index (Phi) is 2.97. The summed E-state index contributed by atoms with van der Waals surface area (Å²) in [6.07, 6.45) is 4.76. The van der Waals surface area contributed by atoms with Crippen LogP contribution in [0.5, 0.6) is 0 Å². The monoisotopic (exact) mass is 266 g/mol. The van der Waals surface area contributed by atoms with Crippen molar-refractivity contribution in [1.82, 2.24) is 8.97 Å². The van der Waals surface area contributed by atoms with Crippen LogP contribution in [0.25, 0.3) is 16.8 Å². The zero-order chi connectivity index (χ0) is 14.3. The Morgan fingerprint density at radius 2 is 1.90 bits per heavy atom. The first-order chi connectivity index (χ1) is 9.63. The van der Waals surface area contributed by atoms with Crippen LogP contribution >= 0.6 is 0 Å². The number of hydrogen-bond acceptors (Lipinski definition) is 1. The molecule has 0 fully saturated rings. The van der Waals surface area contributed by atoms with E-state index < -0.39 is 0 Å². The van der Waals surface area contributed by atoms with Crippen molar-refractivity contribution in [2.75, 3.05) is 0 Å². The predicted octanol–water partition coefficient (Wildman–Crippen LogP) is 3.18. The first-order valence-electron chi connectivity index (χ1n) is 6.89. The number of aromatic nitrogens is 2. The maximum absolute atomic E-state index is 12.3. The van der Waals surface area contributed by atoms with Gasteiger partial charge in [-0.3, -0.25) is 4.79 Å². The highest BCUT2D eigenvalue weighted by Gasteiger charge is 2.13. The molecule has 0 radical (unpaired) electrons. The molecule has 0 N–H and O–H groups in total. The van der Waals surface area contributed by atoms with Crippen molar-refractivity contribution in [3.63, 3.8) is 0 Å². The molecule has 0 unspecified atom stereocenters. The first kappa shape index (κ1) is 12.7. The summed E-state index contributed by atoms with van der Waals surface area (Å²) in [4.78, 5) is 12.3. The van der Waals surface area contributed by atoms with Crippen molar-refractivity contribution < 1.29 is 0 Å². The highest BCUT2D eigenvalue weighted by Crippen LogP contribution is 2.27. The average molecular weight is 266 g/mol. The van der Waals surface area contributed by atoms with Gasteiger partial charge in [0.25, 0.3) is 5.56 Å². The van der Waals surface area contributed by atoms with Gasteiger partial charge in [-0.1, -0.05) is 31.2 Å². The molecule has 3 nitrogen and oxygen atoms in total. The SMILES string of the molecule is CCc1ccccc1-c1cc(C)c2c(=O)n(C)ccn12. The maximum atomic E-state index is 12.3. The fourth-order valence-electron chi connectivity index (χ4n) is 2.77. The number of rotatable bonds is 2. The van der Waals surface area contributed by atoms with Crippen LogP contribution in [-0.2, 0) is 13.5 Å². The van der Waals surface area contributed by atoms with Gasteiger partial charge in [0, 0.05) is 25.0 Å². The molecule has 2 heterocycles. The Morgan fingerprint density at radius 3 is 2.65 bits per heavy atom. The van der Waals surface area contributed by atoms with E-state index in [0.29, 0.717) is 0 Å². The van der Waals surface area contributed by atoms with E-state index in [4.69, 9.17) is 0 Å². The van der Waals surface area contributed by atoms with Gasteiger partial charge in [-0.05, 0) is 30.5 Å². The molecule has 0 aliphatic heterocycles. The number of fused-ring (bicyclic) bond motifs is 1. The Morgan fingerprint density at radius 1 is 1.15 bits per heavy atom. The third-order valence-corrected chi connectivity index (χ3v) is 3.86. The molecule has 0 saturated heterocycles. The molecule has 3 rings (SSSR count). The van der Waals surface area contributed by atoms with E-state index in [0.717, 1.165) is 23.2 Å². The van der Waals surface area contributed by atoms with Crippen LogP contribution in [0.2, 0.25) is 0 Å². The van der Waals surface area contributed by atoms with Gasteiger partial charge in [0.05, 0.1) is 5.69 Å². The summed E-state index contributed by atoms with van der Waals surface area (Å²) in [6.45, 7) is 4.15. The van der Waals surface area contributed by atoms with Gasteiger partial charge in [0.1, 0.15) is 5.52 Å². The third-order valence-electron chi connectivity index (χ3n) is 3.86. The van der Waals surface area contributed by atoms with Crippen LogP contribution < -0.4 is 5.56 Å². The van der Waals surface area contributed by atoms with E-state index >= 15 is 0 Å². The van der Waals surface area contributed by atoms with E-state index in [-0.39, 0.29) is 5.56 Å². The van der Waals surface area contributed by atoms with Crippen LogP contribution in [0.4, 0.5) is 0 Å². The molecule has 0 aliphatic carbocycles. The van der Waals surface area contributed by atoms with Crippen molar-refractivity contribution in [1.29, 1.82) is 0 Å². The third kappa shape index (κ3) is 1.78. The summed E-state index contributed by atoms with van der Waals surface area (Å²) in [5.74, 6) is 0. The number of benzene rings is 1. The molecule has 0 bridgehead atoms. The zero-order valence-corrected chi connectivity index (χ0v) is 12.1. The normalized spacial score (nSPS) is 11.2. The number of aryl methyl sites for hydroxylation is 3. The minimum Gasteiger partial charge on any atom is -0.315 e. The summed E-state index contributed by atoms with van der Waals surface area (Å²) in [6, 6.07) is 10.5.